The predicted molar refractivity (Wildman–Crippen MR) is 68.8 cm³/mol. The fourth-order valence-electron chi connectivity index (χ4n) is 1.74. The van der Waals surface area contributed by atoms with Crippen LogP contribution < -0.4 is 5.73 Å². The van der Waals surface area contributed by atoms with Gasteiger partial charge >= 0.3 is 5.97 Å². The fourth-order valence-corrected chi connectivity index (χ4v) is 3.59. The Labute approximate surface area is 105 Å². The molecule has 0 aliphatic heterocycles. The number of halogens is 1. The zero-order chi connectivity index (χ0) is 11.9. The first-order valence-electron chi connectivity index (χ1n) is 4.68. The van der Waals surface area contributed by atoms with Crippen molar-refractivity contribution < 1.29 is 9.90 Å². The molecular weight excluding hydrogens is 290 g/mol. The lowest BCUT2D eigenvalue weighted by atomic mass is 10.0. The van der Waals surface area contributed by atoms with Gasteiger partial charge in [-0.25, -0.2) is 0 Å². The van der Waals surface area contributed by atoms with Crippen LogP contribution in [0.1, 0.15) is 16.5 Å². The maximum Gasteiger partial charge on any atom is 0.325 e. The smallest absolute Gasteiger partial charge is 0.325 e. The number of benzene rings is 1. The number of aryl methyl sites for hydroxylation is 1. The van der Waals surface area contributed by atoms with Crippen LogP contribution in [0, 0.1) is 6.92 Å². The number of rotatable bonds is 2. The van der Waals surface area contributed by atoms with Gasteiger partial charge in [-0.1, -0.05) is 22.0 Å². The summed E-state index contributed by atoms with van der Waals surface area (Å²) in [5.74, 6) is -1.00. The van der Waals surface area contributed by atoms with E-state index < -0.39 is 12.0 Å². The number of nitrogens with two attached hydrogens (primary N) is 1. The minimum absolute atomic E-state index is 0.708. The SMILES string of the molecule is Cc1sc2cccc(Br)c2c1C(N)C(=O)O. The maximum atomic E-state index is 11.0. The molecule has 1 atom stereocenters. The van der Waals surface area contributed by atoms with Gasteiger partial charge in [0, 0.05) is 25.0 Å². The molecule has 1 aromatic carbocycles. The van der Waals surface area contributed by atoms with Crippen molar-refractivity contribution in [2.75, 3.05) is 0 Å². The Morgan fingerprint density at radius 3 is 2.88 bits per heavy atom. The summed E-state index contributed by atoms with van der Waals surface area (Å²) in [5, 5.41) is 9.91. The van der Waals surface area contributed by atoms with E-state index in [1.54, 1.807) is 11.3 Å². The summed E-state index contributed by atoms with van der Waals surface area (Å²) in [6.07, 6.45) is 0. The van der Waals surface area contributed by atoms with Crippen LogP contribution in [0.3, 0.4) is 0 Å². The molecule has 0 bridgehead atoms. The minimum atomic E-state index is -1.00. The van der Waals surface area contributed by atoms with Crippen LogP contribution in [-0.4, -0.2) is 11.1 Å². The topological polar surface area (TPSA) is 63.3 Å². The van der Waals surface area contributed by atoms with Crippen LogP contribution >= 0.6 is 27.3 Å². The normalized spacial score (nSPS) is 12.9. The summed E-state index contributed by atoms with van der Waals surface area (Å²) < 4.78 is 1.94. The lowest BCUT2D eigenvalue weighted by molar-refractivity contribution is -0.138. The number of hydrogen-bond acceptors (Lipinski definition) is 3. The molecule has 16 heavy (non-hydrogen) atoms. The Hall–Kier alpha value is -0.910. The summed E-state index contributed by atoms with van der Waals surface area (Å²) in [6, 6.07) is 4.83. The average Bonchev–Trinajstić information content (AvgIpc) is 2.54. The molecule has 2 aromatic rings. The second kappa shape index (κ2) is 4.16. The molecule has 1 aromatic heterocycles. The van der Waals surface area contributed by atoms with Gasteiger partial charge in [0.1, 0.15) is 6.04 Å². The van der Waals surface area contributed by atoms with Gasteiger partial charge in [0.2, 0.25) is 0 Å². The summed E-state index contributed by atoms with van der Waals surface area (Å²) in [6.45, 7) is 1.90. The monoisotopic (exact) mass is 299 g/mol. The zero-order valence-corrected chi connectivity index (χ0v) is 10.9. The van der Waals surface area contributed by atoms with E-state index in [0.717, 1.165) is 19.4 Å². The van der Waals surface area contributed by atoms with Crippen molar-refractivity contribution >= 4 is 43.3 Å². The number of carbonyl (C=O) groups is 1. The van der Waals surface area contributed by atoms with E-state index in [0.29, 0.717) is 5.56 Å². The molecule has 0 aliphatic carbocycles. The molecule has 0 radical (unpaired) electrons. The predicted octanol–water partition coefficient (Wildman–Crippen LogP) is 3.06. The molecule has 0 fully saturated rings. The van der Waals surface area contributed by atoms with Crippen molar-refractivity contribution in [2.24, 2.45) is 5.73 Å². The largest absolute Gasteiger partial charge is 0.480 e. The van der Waals surface area contributed by atoms with Crippen molar-refractivity contribution in [1.82, 2.24) is 0 Å². The zero-order valence-electron chi connectivity index (χ0n) is 8.53. The number of thiophene rings is 1. The van der Waals surface area contributed by atoms with Gasteiger partial charge in [-0.05, 0) is 19.1 Å². The van der Waals surface area contributed by atoms with E-state index in [2.05, 4.69) is 15.9 Å². The molecule has 5 heteroatoms. The molecule has 3 nitrogen and oxygen atoms in total. The Kier molecular flexibility index (Phi) is 3.01. The molecule has 0 saturated carbocycles. The van der Waals surface area contributed by atoms with Gasteiger partial charge in [-0.15, -0.1) is 11.3 Å². The number of carboxylic acids is 1. The maximum absolute atomic E-state index is 11.0. The van der Waals surface area contributed by atoms with E-state index in [9.17, 15) is 4.79 Å². The van der Waals surface area contributed by atoms with Crippen LogP contribution in [0.4, 0.5) is 0 Å². The molecule has 0 spiro atoms. The first-order valence-corrected chi connectivity index (χ1v) is 6.29. The van der Waals surface area contributed by atoms with Crippen molar-refractivity contribution in [2.45, 2.75) is 13.0 Å². The van der Waals surface area contributed by atoms with Crippen LogP contribution in [0.5, 0.6) is 0 Å². The summed E-state index contributed by atoms with van der Waals surface area (Å²) in [7, 11) is 0. The third kappa shape index (κ3) is 1.75. The highest BCUT2D eigenvalue weighted by molar-refractivity contribution is 9.10. The van der Waals surface area contributed by atoms with Crippen molar-refractivity contribution in [3.05, 3.63) is 33.1 Å². The van der Waals surface area contributed by atoms with Gasteiger partial charge < -0.3 is 10.8 Å². The van der Waals surface area contributed by atoms with E-state index in [1.165, 1.54) is 0 Å². The molecule has 1 heterocycles. The van der Waals surface area contributed by atoms with Crippen molar-refractivity contribution in [1.29, 1.82) is 0 Å². The first kappa shape index (κ1) is 11.6. The number of hydrogen-bond donors (Lipinski definition) is 2. The number of aliphatic carboxylic acids is 1. The minimum Gasteiger partial charge on any atom is -0.480 e. The standard InChI is InChI=1S/C11H10BrNO2S/c1-5-8(10(13)11(14)15)9-6(12)3-2-4-7(9)16-5/h2-4,10H,13H2,1H3,(H,14,15). The lowest BCUT2D eigenvalue weighted by Gasteiger charge is -2.07. The Bertz CT molecular complexity index is 564. The second-order valence-corrected chi connectivity index (χ2v) is 5.61. The summed E-state index contributed by atoms with van der Waals surface area (Å²) in [4.78, 5) is 11.9. The highest BCUT2D eigenvalue weighted by atomic mass is 79.9. The highest BCUT2D eigenvalue weighted by Crippen LogP contribution is 2.38. The Morgan fingerprint density at radius 2 is 2.25 bits per heavy atom. The molecule has 0 amide bonds. The van der Waals surface area contributed by atoms with Crippen LogP contribution in [0.15, 0.2) is 22.7 Å². The van der Waals surface area contributed by atoms with E-state index in [1.807, 2.05) is 25.1 Å². The van der Waals surface area contributed by atoms with Crippen LogP contribution in [0.2, 0.25) is 0 Å². The molecular formula is C11H10BrNO2S. The average molecular weight is 300 g/mol. The van der Waals surface area contributed by atoms with E-state index in [-0.39, 0.29) is 0 Å². The van der Waals surface area contributed by atoms with Crippen LogP contribution in [-0.2, 0) is 4.79 Å². The summed E-state index contributed by atoms with van der Waals surface area (Å²) in [5.41, 5.74) is 6.41. The fraction of sp³-hybridized carbons (Fsp3) is 0.182. The third-order valence-corrected chi connectivity index (χ3v) is 4.21. The van der Waals surface area contributed by atoms with Crippen molar-refractivity contribution in [3.8, 4) is 0 Å². The molecule has 0 aliphatic rings. The van der Waals surface area contributed by atoms with Gasteiger partial charge in [0.15, 0.2) is 0 Å². The van der Waals surface area contributed by atoms with Crippen molar-refractivity contribution in [3.63, 3.8) is 0 Å². The first-order chi connectivity index (χ1) is 7.52. The Balaban J connectivity index is 2.77. The van der Waals surface area contributed by atoms with Gasteiger partial charge in [0.25, 0.3) is 0 Å². The van der Waals surface area contributed by atoms with E-state index in [4.69, 9.17) is 10.8 Å². The van der Waals surface area contributed by atoms with Gasteiger partial charge in [-0.3, -0.25) is 4.79 Å². The molecule has 1 unspecified atom stereocenters. The lowest BCUT2D eigenvalue weighted by Crippen LogP contribution is -2.21. The summed E-state index contributed by atoms with van der Waals surface area (Å²) >= 11 is 5.00. The molecule has 0 saturated heterocycles. The molecule has 84 valence electrons. The van der Waals surface area contributed by atoms with Crippen LogP contribution in [0.25, 0.3) is 10.1 Å². The highest BCUT2D eigenvalue weighted by Gasteiger charge is 2.22. The third-order valence-electron chi connectivity index (χ3n) is 2.46. The quantitative estimate of drug-likeness (QED) is 0.896. The molecule has 3 N–H and O–H groups in total. The number of fused-ring (bicyclic) bond motifs is 1. The van der Waals surface area contributed by atoms with E-state index >= 15 is 0 Å². The van der Waals surface area contributed by atoms with Gasteiger partial charge in [0.05, 0.1) is 0 Å². The number of carboxylic acid groups (broad SMARTS) is 1. The molecule has 2 rings (SSSR count). The second-order valence-electron chi connectivity index (χ2n) is 3.50. The Morgan fingerprint density at radius 1 is 1.56 bits per heavy atom. The van der Waals surface area contributed by atoms with Gasteiger partial charge in [-0.2, -0.15) is 0 Å².